The minimum Gasteiger partial charge on any atom is -0.451 e. The summed E-state index contributed by atoms with van der Waals surface area (Å²) >= 11 is 0. The van der Waals surface area contributed by atoms with Crippen molar-refractivity contribution in [3.8, 4) is 0 Å². The molecule has 0 unspecified atom stereocenters. The second-order valence-corrected chi connectivity index (χ2v) is 7.34. The number of aryl methyl sites for hydroxylation is 2. The van der Waals surface area contributed by atoms with Crippen LogP contribution in [0.15, 0.2) is 48.5 Å². The van der Waals surface area contributed by atoms with Crippen LogP contribution >= 0.6 is 0 Å². The summed E-state index contributed by atoms with van der Waals surface area (Å²) in [5.74, 6) is -1.36. The predicted molar refractivity (Wildman–Crippen MR) is 109 cm³/mol. The molecule has 0 heterocycles. The van der Waals surface area contributed by atoms with Gasteiger partial charge in [-0.25, -0.2) is 0 Å². The van der Waals surface area contributed by atoms with Gasteiger partial charge in [0.1, 0.15) is 6.54 Å². The molecule has 152 valence electrons. The number of amides is 2. The first kappa shape index (κ1) is 20.6. The number of fused-ring (bicyclic) bond motifs is 1. The smallest absolute Gasteiger partial charge is 0.326 e. The summed E-state index contributed by atoms with van der Waals surface area (Å²) in [6.45, 7) is 3.12. The van der Waals surface area contributed by atoms with Crippen molar-refractivity contribution >= 4 is 17.8 Å². The van der Waals surface area contributed by atoms with Crippen molar-refractivity contribution in [2.24, 2.45) is 0 Å². The standard InChI is InChI=1S/C23H26N2O4/c1-15-7-5-10-18(13-15)23(28)24-14-21(26)29-16(2)22(27)25-20-12-6-9-17-8-3-4-11-19(17)20/h3-5,7-8,10-11,13,16,20H,6,9,12,14H2,1-2H3,(H,24,28)(H,25,27)/t16-,20+/m1/s1. The molecule has 0 fully saturated rings. The summed E-state index contributed by atoms with van der Waals surface area (Å²) in [6, 6.07) is 15.1. The van der Waals surface area contributed by atoms with E-state index in [0.29, 0.717) is 5.56 Å². The predicted octanol–water partition coefficient (Wildman–Crippen LogP) is 2.85. The van der Waals surface area contributed by atoms with E-state index in [1.807, 2.05) is 31.2 Å². The largest absolute Gasteiger partial charge is 0.451 e. The van der Waals surface area contributed by atoms with E-state index >= 15 is 0 Å². The number of hydrogen-bond donors (Lipinski definition) is 2. The van der Waals surface area contributed by atoms with Gasteiger partial charge in [0.25, 0.3) is 11.8 Å². The molecule has 2 aromatic rings. The van der Waals surface area contributed by atoms with Gasteiger partial charge in [-0.2, -0.15) is 0 Å². The molecule has 3 rings (SSSR count). The van der Waals surface area contributed by atoms with Crippen LogP contribution in [0.1, 0.15) is 52.9 Å². The Hall–Kier alpha value is -3.15. The topological polar surface area (TPSA) is 84.5 Å². The highest BCUT2D eigenvalue weighted by molar-refractivity contribution is 5.96. The van der Waals surface area contributed by atoms with Crippen molar-refractivity contribution in [3.05, 3.63) is 70.8 Å². The van der Waals surface area contributed by atoms with Gasteiger partial charge in [-0.1, -0.05) is 42.0 Å². The zero-order valence-corrected chi connectivity index (χ0v) is 16.7. The van der Waals surface area contributed by atoms with Gasteiger partial charge in [-0.05, 0) is 56.4 Å². The first-order valence-corrected chi connectivity index (χ1v) is 9.86. The molecule has 1 aliphatic rings. The van der Waals surface area contributed by atoms with Crippen LogP contribution in [-0.4, -0.2) is 30.4 Å². The number of benzene rings is 2. The van der Waals surface area contributed by atoms with Gasteiger partial charge in [0.15, 0.2) is 6.10 Å². The second kappa shape index (κ2) is 9.37. The van der Waals surface area contributed by atoms with Crippen molar-refractivity contribution in [1.82, 2.24) is 10.6 Å². The monoisotopic (exact) mass is 394 g/mol. The van der Waals surface area contributed by atoms with Crippen molar-refractivity contribution in [2.45, 2.75) is 45.3 Å². The van der Waals surface area contributed by atoms with Crippen molar-refractivity contribution in [1.29, 1.82) is 0 Å². The third-order valence-electron chi connectivity index (χ3n) is 5.04. The minimum absolute atomic E-state index is 0.0744. The van der Waals surface area contributed by atoms with E-state index in [-0.39, 0.29) is 24.4 Å². The first-order valence-electron chi connectivity index (χ1n) is 9.86. The van der Waals surface area contributed by atoms with Gasteiger partial charge < -0.3 is 15.4 Å². The Bertz CT molecular complexity index is 909. The lowest BCUT2D eigenvalue weighted by Crippen LogP contribution is -2.41. The summed E-state index contributed by atoms with van der Waals surface area (Å²) < 4.78 is 5.19. The van der Waals surface area contributed by atoms with E-state index in [0.717, 1.165) is 30.4 Å². The maximum atomic E-state index is 12.5. The van der Waals surface area contributed by atoms with Gasteiger partial charge in [-0.15, -0.1) is 0 Å². The summed E-state index contributed by atoms with van der Waals surface area (Å²) in [4.78, 5) is 36.6. The molecule has 2 N–H and O–H groups in total. The summed E-state index contributed by atoms with van der Waals surface area (Å²) in [7, 11) is 0. The van der Waals surface area contributed by atoms with E-state index in [1.165, 1.54) is 12.5 Å². The van der Waals surface area contributed by atoms with Gasteiger partial charge >= 0.3 is 5.97 Å². The fourth-order valence-corrected chi connectivity index (χ4v) is 3.53. The third-order valence-corrected chi connectivity index (χ3v) is 5.04. The van der Waals surface area contributed by atoms with Crippen molar-refractivity contribution < 1.29 is 19.1 Å². The fourth-order valence-electron chi connectivity index (χ4n) is 3.53. The van der Waals surface area contributed by atoms with Gasteiger partial charge in [0.05, 0.1) is 6.04 Å². The quantitative estimate of drug-likeness (QED) is 0.738. The van der Waals surface area contributed by atoms with E-state index in [9.17, 15) is 14.4 Å². The molecule has 2 aromatic carbocycles. The summed E-state index contributed by atoms with van der Waals surface area (Å²) in [6.07, 6.45) is 1.93. The normalized spacial score (nSPS) is 16.3. The number of ether oxygens (including phenoxy) is 1. The molecule has 0 saturated carbocycles. The van der Waals surface area contributed by atoms with E-state index in [4.69, 9.17) is 4.74 Å². The van der Waals surface area contributed by atoms with Crippen LogP contribution in [0, 0.1) is 6.92 Å². The van der Waals surface area contributed by atoms with Gasteiger partial charge in [0.2, 0.25) is 0 Å². The number of esters is 1. The van der Waals surface area contributed by atoms with Crippen LogP contribution in [0.25, 0.3) is 0 Å². The Morgan fingerprint density at radius 2 is 1.93 bits per heavy atom. The third kappa shape index (κ3) is 5.44. The van der Waals surface area contributed by atoms with Crippen LogP contribution in [0.5, 0.6) is 0 Å². The first-order chi connectivity index (χ1) is 13.9. The van der Waals surface area contributed by atoms with Crippen LogP contribution in [0.3, 0.4) is 0 Å². The Labute approximate surface area is 170 Å². The highest BCUT2D eigenvalue weighted by Gasteiger charge is 2.25. The Morgan fingerprint density at radius 1 is 1.14 bits per heavy atom. The number of carbonyl (C=O) groups is 3. The molecule has 0 aliphatic heterocycles. The molecule has 2 amide bonds. The average Bonchev–Trinajstić information content (AvgIpc) is 2.72. The van der Waals surface area contributed by atoms with Crippen molar-refractivity contribution in [3.63, 3.8) is 0 Å². The number of rotatable bonds is 6. The molecule has 0 radical (unpaired) electrons. The zero-order valence-electron chi connectivity index (χ0n) is 16.7. The lowest BCUT2D eigenvalue weighted by Gasteiger charge is -2.27. The molecule has 6 nitrogen and oxygen atoms in total. The van der Waals surface area contributed by atoms with E-state index < -0.39 is 12.1 Å². The summed E-state index contributed by atoms with van der Waals surface area (Å²) in [5.41, 5.74) is 3.79. The molecular formula is C23H26N2O4. The minimum atomic E-state index is -0.938. The molecule has 0 saturated heterocycles. The number of carbonyl (C=O) groups excluding carboxylic acids is 3. The highest BCUT2D eigenvalue weighted by Crippen LogP contribution is 2.29. The molecule has 0 spiro atoms. The van der Waals surface area contributed by atoms with Crippen molar-refractivity contribution in [2.75, 3.05) is 6.54 Å². The number of nitrogens with one attached hydrogen (secondary N) is 2. The van der Waals surface area contributed by atoms with Gasteiger partial charge in [0, 0.05) is 5.56 Å². The van der Waals surface area contributed by atoms with Gasteiger partial charge in [-0.3, -0.25) is 14.4 Å². The lowest BCUT2D eigenvalue weighted by atomic mass is 9.87. The zero-order chi connectivity index (χ0) is 20.8. The molecular weight excluding hydrogens is 368 g/mol. The second-order valence-electron chi connectivity index (χ2n) is 7.34. The van der Waals surface area contributed by atoms with E-state index in [2.05, 4.69) is 16.7 Å². The molecule has 6 heteroatoms. The van der Waals surface area contributed by atoms with Crippen LogP contribution in [0.2, 0.25) is 0 Å². The summed E-state index contributed by atoms with van der Waals surface area (Å²) in [5, 5.41) is 5.49. The average molecular weight is 394 g/mol. The SMILES string of the molecule is Cc1cccc(C(=O)NCC(=O)O[C@H](C)C(=O)N[C@H]2CCCc3ccccc32)c1. The fraction of sp³-hybridized carbons (Fsp3) is 0.348. The molecule has 29 heavy (non-hydrogen) atoms. The maximum absolute atomic E-state index is 12.5. The lowest BCUT2D eigenvalue weighted by molar-refractivity contribution is -0.154. The maximum Gasteiger partial charge on any atom is 0.326 e. The van der Waals surface area contributed by atoms with Crippen LogP contribution in [0.4, 0.5) is 0 Å². The molecule has 0 bridgehead atoms. The van der Waals surface area contributed by atoms with Crippen LogP contribution < -0.4 is 10.6 Å². The Balaban J connectivity index is 1.48. The molecule has 2 atom stereocenters. The van der Waals surface area contributed by atoms with Crippen LogP contribution in [-0.2, 0) is 20.7 Å². The molecule has 1 aliphatic carbocycles. The Morgan fingerprint density at radius 3 is 2.72 bits per heavy atom. The highest BCUT2D eigenvalue weighted by atomic mass is 16.5. The van der Waals surface area contributed by atoms with E-state index in [1.54, 1.807) is 18.2 Å². The number of hydrogen-bond acceptors (Lipinski definition) is 4. The molecule has 0 aromatic heterocycles. The Kier molecular flexibility index (Phi) is 6.65.